The van der Waals surface area contributed by atoms with E-state index in [1.165, 1.54) is 12.1 Å². The van der Waals surface area contributed by atoms with Gasteiger partial charge in [0, 0.05) is 25.1 Å². The van der Waals surface area contributed by atoms with Crippen molar-refractivity contribution in [1.29, 1.82) is 0 Å². The molecule has 1 aliphatic heterocycles. The van der Waals surface area contributed by atoms with Crippen molar-refractivity contribution >= 4 is 5.69 Å². The van der Waals surface area contributed by atoms with Gasteiger partial charge in [0.2, 0.25) is 0 Å². The van der Waals surface area contributed by atoms with Crippen molar-refractivity contribution in [2.24, 2.45) is 0 Å². The van der Waals surface area contributed by atoms with E-state index in [0.29, 0.717) is 0 Å². The fourth-order valence-corrected chi connectivity index (χ4v) is 1.90. The zero-order valence-corrected chi connectivity index (χ0v) is 9.56. The molecule has 0 spiro atoms. The molecule has 1 heterocycles. The van der Waals surface area contributed by atoms with Crippen LogP contribution in [0.3, 0.4) is 0 Å². The summed E-state index contributed by atoms with van der Waals surface area (Å²) < 4.78 is 39.6. The summed E-state index contributed by atoms with van der Waals surface area (Å²) in [4.78, 5) is 0. The Morgan fingerprint density at radius 2 is 2.18 bits per heavy atom. The van der Waals surface area contributed by atoms with E-state index in [4.69, 9.17) is 0 Å². The minimum Gasteiger partial charge on any atom is -0.379 e. The van der Waals surface area contributed by atoms with Crippen molar-refractivity contribution in [3.05, 3.63) is 29.6 Å². The largest absolute Gasteiger partial charge is 0.379 e. The van der Waals surface area contributed by atoms with Gasteiger partial charge in [-0.1, -0.05) is 6.07 Å². The molecule has 94 valence electrons. The Kier molecular flexibility index (Phi) is 3.28. The van der Waals surface area contributed by atoms with Crippen LogP contribution in [0.4, 0.5) is 18.9 Å². The summed E-state index contributed by atoms with van der Waals surface area (Å²) in [6.07, 6.45) is 0.908. The molecule has 5 heteroatoms. The topological polar surface area (TPSA) is 24.1 Å². The smallest absolute Gasteiger partial charge is 0.270 e. The zero-order chi connectivity index (χ0) is 12.5. The van der Waals surface area contributed by atoms with Crippen molar-refractivity contribution in [3.8, 4) is 0 Å². The lowest BCUT2D eigenvalue weighted by Crippen LogP contribution is -2.22. The maximum atomic E-state index is 13.6. The van der Waals surface area contributed by atoms with Crippen LogP contribution in [0.5, 0.6) is 0 Å². The summed E-state index contributed by atoms with van der Waals surface area (Å²) in [6.45, 7) is 2.42. The van der Waals surface area contributed by atoms with Crippen LogP contribution >= 0.6 is 0 Å². The number of anilines is 1. The second-order valence-electron chi connectivity index (χ2n) is 4.42. The minimum atomic E-state index is -3.01. The molecule has 0 aliphatic carbocycles. The molecule has 1 aromatic carbocycles. The predicted octanol–water partition coefficient (Wildman–Crippen LogP) is 2.71. The first kappa shape index (κ1) is 12.2. The van der Waals surface area contributed by atoms with Crippen LogP contribution in [0.2, 0.25) is 0 Å². The third-order valence-corrected chi connectivity index (χ3v) is 2.90. The van der Waals surface area contributed by atoms with Gasteiger partial charge < -0.3 is 10.6 Å². The van der Waals surface area contributed by atoms with Gasteiger partial charge >= 0.3 is 0 Å². The highest BCUT2D eigenvalue weighted by Gasteiger charge is 2.25. The molecule has 1 aliphatic rings. The Balaban J connectivity index is 2.14. The fourth-order valence-electron chi connectivity index (χ4n) is 1.90. The van der Waals surface area contributed by atoms with Crippen LogP contribution in [0.25, 0.3) is 0 Å². The highest BCUT2D eigenvalue weighted by Crippen LogP contribution is 2.29. The first-order chi connectivity index (χ1) is 7.97. The van der Waals surface area contributed by atoms with Gasteiger partial charge in [-0.25, -0.2) is 13.2 Å². The number of alkyl halides is 2. The van der Waals surface area contributed by atoms with Crippen LogP contribution in [-0.2, 0) is 5.92 Å². The second-order valence-corrected chi connectivity index (χ2v) is 4.42. The van der Waals surface area contributed by atoms with E-state index in [1.807, 2.05) is 0 Å². The molecule has 1 aromatic rings. The van der Waals surface area contributed by atoms with Crippen LogP contribution in [0.1, 0.15) is 18.9 Å². The SMILES string of the molecule is CC(F)(F)c1ccc(NC2CCNC2)c(F)c1. The Morgan fingerprint density at radius 1 is 1.41 bits per heavy atom. The lowest BCUT2D eigenvalue weighted by molar-refractivity contribution is 0.0172. The minimum absolute atomic E-state index is 0.164. The molecule has 0 saturated carbocycles. The molecule has 2 nitrogen and oxygen atoms in total. The van der Waals surface area contributed by atoms with Crippen LogP contribution in [0, 0.1) is 5.82 Å². The summed E-state index contributed by atoms with van der Waals surface area (Å²) in [5.74, 6) is -3.63. The van der Waals surface area contributed by atoms with E-state index in [0.717, 1.165) is 32.5 Å². The third-order valence-electron chi connectivity index (χ3n) is 2.90. The quantitative estimate of drug-likeness (QED) is 0.854. The van der Waals surface area contributed by atoms with Crippen molar-refractivity contribution in [3.63, 3.8) is 0 Å². The summed E-state index contributed by atoms with van der Waals surface area (Å²) in [7, 11) is 0. The lowest BCUT2D eigenvalue weighted by atomic mass is 10.1. The van der Waals surface area contributed by atoms with E-state index in [2.05, 4.69) is 10.6 Å². The number of rotatable bonds is 3. The van der Waals surface area contributed by atoms with Crippen LogP contribution in [-0.4, -0.2) is 19.1 Å². The zero-order valence-electron chi connectivity index (χ0n) is 9.56. The molecule has 0 bridgehead atoms. The van der Waals surface area contributed by atoms with Crippen molar-refractivity contribution in [2.45, 2.75) is 25.3 Å². The van der Waals surface area contributed by atoms with Gasteiger partial charge in [-0.05, 0) is 25.1 Å². The van der Waals surface area contributed by atoms with Gasteiger partial charge in [-0.3, -0.25) is 0 Å². The summed E-state index contributed by atoms with van der Waals surface area (Å²) in [6, 6.07) is 3.69. The molecule has 2 N–H and O–H groups in total. The van der Waals surface area contributed by atoms with Gasteiger partial charge in [0.1, 0.15) is 5.82 Å². The van der Waals surface area contributed by atoms with E-state index in [1.54, 1.807) is 0 Å². The number of benzene rings is 1. The Morgan fingerprint density at radius 3 is 2.71 bits per heavy atom. The molecular formula is C12H15F3N2. The van der Waals surface area contributed by atoms with E-state index in [9.17, 15) is 13.2 Å². The summed E-state index contributed by atoms with van der Waals surface area (Å²) in [5, 5.41) is 6.15. The normalized spacial score (nSPS) is 20.6. The average Bonchev–Trinajstić information content (AvgIpc) is 2.72. The summed E-state index contributed by atoms with van der Waals surface area (Å²) >= 11 is 0. The highest BCUT2D eigenvalue weighted by molar-refractivity contribution is 5.48. The Hall–Kier alpha value is -1.23. The molecule has 1 fully saturated rings. The fraction of sp³-hybridized carbons (Fsp3) is 0.500. The number of hydrogen-bond donors (Lipinski definition) is 2. The van der Waals surface area contributed by atoms with Gasteiger partial charge in [0.25, 0.3) is 5.92 Å². The molecule has 1 atom stereocenters. The van der Waals surface area contributed by atoms with Crippen LogP contribution in [0.15, 0.2) is 18.2 Å². The lowest BCUT2D eigenvalue weighted by Gasteiger charge is -2.16. The molecule has 0 radical (unpaired) electrons. The first-order valence-corrected chi connectivity index (χ1v) is 5.62. The van der Waals surface area contributed by atoms with Crippen molar-refractivity contribution < 1.29 is 13.2 Å². The van der Waals surface area contributed by atoms with Crippen molar-refractivity contribution in [2.75, 3.05) is 18.4 Å². The Labute approximate surface area is 98.2 Å². The average molecular weight is 244 g/mol. The van der Waals surface area contributed by atoms with Crippen molar-refractivity contribution in [1.82, 2.24) is 5.32 Å². The van der Waals surface area contributed by atoms with Crippen LogP contribution < -0.4 is 10.6 Å². The maximum absolute atomic E-state index is 13.6. The highest BCUT2D eigenvalue weighted by atomic mass is 19.3. The maximum Gasteiger partial charge on any atom is 0.270 e. The van der Waals surface area contributed by atoms with Gasteiger partial charge in [-0.2, -0.15) is 0 Å². The molecule has 1 unspecified atom stereocenters. The number of halogens is 3. The van der Waals surface area contributed by atoms with Gasteiger partial charge in [0.05, 0.1) is 5.69 Å². The van der Waals surface area contributed by atoms with E-state index in [-0.39, 0.29) is 17.3 Å². The Bertz CT molecular complexity index is 395. The van der Waals surface area contributed by atoms with E-state index >= 15 is 0 Å². The number of hydrogen-bond acceptors (Lipinski definition) is 2. The monoisotopic (exact) mass is 244 g/mol. The predicted molar refractivity (Wildman–Crippen MR) is 60.9 cm³/mol. The van der Waals surface area contributed by atoms with E-state index < -0.39 is 11.7 Å². The van der Waals surface area contributed by atoms with Gasteiger partial charge in [0.15, 0.2) is 0 Å². The molecule has 17 heavy (non-hydrogen) atoms. The standard InChI is InChI=1S/C12H15F3N2/c1-12(14,15)8-2-3-11(10(13)6-8)17-9-4-5-16-7-9/h2-3,6,9,16-17H,4-5,7H2,1H3. The number of nitrogens with one attached hydrogen (secondary N) is 2. The molecule has 2 rings (SSSR count). The first-order valence-electron chi connectivity index (χ1n) is 5.62. The molecular weight excluding hydrogens is 229 g/mol. The van der Waals surface area contributed by atoms with Gasteiger partial charge in [-0.15, -0.1) is 0 Å². The summed E-state index contributed by atoms with van der Waals surface area (Å²) in [5.41, 5.74) is -0.0169. The molecule has 0 aromatic heterocycles. The third kappa shape index (κ3) is 2.91. The second kappa shape index (κ2) is 4.56. The molecule has 1 saturated heterocycles. The molecule has 0 amide bonds.